The molecule has 0 spiro atoms. The third-order valence-electron chi connectivity index (χ3n) is 2.74. The second-order valence-electron chi connectivity index (χ2n) is 5.14. The molecule has 0 amide bonds. The van der Waals surface area contributed by atoms with Crippen LogP contribution in [0.1, 0.15) is 32.8 Å². The Morgan fingerprint density at radius 3 is 2.73 bits per heavy atom. The number of hydrogen-bond acceptors (Lipinski definition) is 4. The summed E-state index contributed by atoms with van der Waals surface area (Å²) >= 11 is 0. The third kappa shape index (κ3) is 7.83. The Morgan fingerprint density at radius 1 is 1.32 bits per heavy atom. The lowest BCUT2D eigenvalue weighted by Crippen LogP contribution is -2.38. The Bertz CT molecular complexity index is 432. The number of nitrogens with one attached hydrogen (secondary N) is 2. The van der Waals surface area contributed by atoms with Crippen molar-refractivity contribution in [2.75, 3.05) is 26.8 Å². The van der Waals surface area contributed by atoms with Crippen molar-refractivity contribution in [2.24, 2.45) is 4.99 Å². The number of aromatic nitrogens is 1. The van der Waals surface area contributed by atoms with Crippen LogP contribution in [0.4, 0.5) is 0 Å². The highest BCUT2D eigenvalue weighted by atomic mass is 16.5. The minimum Gasteiger partial charge on any atom is -0.475 e. The highest BCUT2D eigenvalue weighted by Gasteiger charge is 2.00. The van der Waals surface area contributed by atoms with Crippen LogP contribution in [-0.2, 0) is 11.3 Å². The Hall–Kier alpha value is -1.82. The van der Waals surface area contributed by atoms with Gasteiger partial charge in [-0.1, -0.05) is 6.07 Å². The van der Waals surface area contributed by atoms with Gasteiger partial charge in [0, 0.05) is 39.1 Å². The monoisotopic (exact) mass is 308 g/mol. The molecule has 0 saturated heterocycles. The molecule has 22 heavy (non-hydrogen) atoms. The van der Waals surface area contributed by atoms with Crippen molar-refractivity contribution in [1.29, 1.82) is 0 Å². The number of pyridine rings is 1. The molecule has 1 heterocycles. The molecule has 0 saturated carbocycles. The lowest BCUT2D eigenvalue weighted by Gasteiger charge is -2.11. The molecular formula is C16H28N4O2. The lowest BCUT2D eigenvalue weighted by molar-refractivity contribution is 0.195. The van der Waals surface area contributed by atoms with Crippen LogP contribution in [0.3, 0.4) is 0 Å². The maximum atomic E-state index is 5.53. The van der Waals surface area contributed by atoms with Crippen LogP contribution in [0.15, 0.2) is 23.3 Å². The zero-order valence-electron chi connectivity index (χ0n) is 14.1. The summed E-state index contributed by atoms with van der Waals surface area (Å²) in [6, 6.07) is 3.87. The van der Waals surface area contributed by atoms with Crippen LogP contribution in [0, 0.1) is 0 Å². The highest BCUT2D eigenvalue weighted by Crippen LogP contribution is 2.10. The molecule has 0 bridgehead atoms. The minimum atomic E-state index is 0.132. The normalized spacial score (nSPS) is 11.6. The van der Waals surface area contributed by atoms with Gasteiger partial charge >= 0.3 is 0 Å². The molecule has 6 nitrogen and oxygen atoms in total. The van der Waals surface area contributed by atoms with E-state index in [-0.39, 0.29) is 6.10 Å². The number of rotatable bonds is 9. The average Bonchev–Trinajstić information content (AvgIpc) is 2.50. The molecule has 0 aromatic carbocycles. The summed E-state index contributed by atoms with van der Waals surface area (Å²) in [7, 11) is 1.71. The first kappa shape index (κ1) is 18.2. The lowest BCUT2D eigenvalue weighted by atomic mass is 10.3. The van der Waals surface area contributed by atoms with Crippen LogP contribution < -0.4 is 15.4 Å². The maximum absolute atomic E-state index is 5.53. The van der Waals surface area contributed by atoms with Crippen molar-refractivity contribution in [2.45, 2.75) is 39.8 Å². The molecule has 0 unspecified atom stereocenters. The third-order valence-corrected chi connectivity index (χ3v) is 2.74. The quantitative estimate of drug-likeness (QED) is 0.415. The van der Waals surface area contributed by atoms with Crippen molar-refractivity contribution < 1.29 is 9.47 Å². The van der Waals surface area contributed by atoms with Crippen LogP contribution >= 0.6 is 0 Å². The molecule has 0 aliphatic carbocycles. The van der Waals surface area contributed by atoms with E-state index in [1.165, 1.54) is 0 Å². The standard InChI is InChI=1S/C16H28N4O2/c1-5-17-16(18-9-6-10-21-4)20-12-14-7-8-15(19-11-14)22-13(2)3/h7-8,11,13H,5-6,9-10,12H2,1-4H3,(H2,17,18,20). The molecular weight excluding hydrogens is 280 g/mol. The van der Waals surface area contributed by atoms with E-state index in [1.54, 1.807) is 13.3 Å². The van der Waals surface area contributed by atoms with Gasteiger partial charge in [-0.2, -0.15) is 0 Å². The fraction of sp³-hybridized carbons (Fsp3) is 0.625. The molecule has 2 N–H and O–H groups in total. The Balaban J connectivity index is 2.50. The van der Waals surface area contributed by atoms with E-state index in [2.05, 4.69) is 20.6 Å². The van der Waals surface area contributed by atoms with E-state index in [1.807, 2.05) is 32.9 Å². The van der Waals surface area contributed by atoms with E-state index in [4.69, 9.17) is 9.47 Å². The first-order chi connectivity index (χ1) is 10.7. The first-order valence-electron chi connectivity index (χ1n) is 7.78. The molecule has 0 aliphatic heterocycles. The zero-order valence-corrected chi connectivity index (χ0v) is 14.1. The fourth-order valence-corrected chi connectivity index (χ4v) is 1.75. The summed E-state index contributed by atoms with van der Waals surface area (Å²) in [6.07, 6.45) is 2.88. The Morgan fingerprint density at radius 2 is 2.14 bits per heavy atom. The van der Waals surface area contributed by atoms with Gasteiger partial charge in [-0.3, -0.25) is 0 Å². The van der Waals surface area contributed by atoms with Crippen molar-refractivity contribution in [1.82, 2.24) is 15.6 Å². The van der Waals surface area contributed by atoms with Crippen LogP contribution in [0.2, 0.25) is 0 Å². The van der Waals surface area contributed by atoms with Gasteiger partial charge in [-0.15, -0.1) is 0 Å². The van der Waals surface area contributed by atoms with Gasteiger partial charge in [0.2, 0.25) is 5.88 Å². The van der Waals surface area contributed by atoms with Crippen LogP contribution in [-0.4, -0.2) is 43.9 Å². The molecule has 6 heteroatoms. The molecule has 124 valence electrons. The molecule has 1 aromatic rings. The first-order valence-corrected chi connectivity index (χ1v) is 7.78. The van der Waals surface area contributed by atoms with Gasteiger partial charge in [-0.05, 0) is 32.8 Å². The van der Waals surface area contributed by atoms with Gasteiger partial charge in [0.15, 0.2) is 5.96 Å². The second-order valence-corrected chi connectivity index (χ2v) is 5.14. The maximum Gasteiger partial charge on any atom is 0.213 e. The van der Waals surface area contributed by atoms with E-state index in [0.29, 0.717) is 12.4 Å². The fourth-order valence-electron chi connectivity index (χ4n) is 1.75. The summed E-state index contributed by atoms with van der Waals surface area (Å²) in [5, 5.41) is 6.50. The van der Waals surface area contributed by atoms with Gasteiger partial charge < -0.3 is 20.1 Å². The number of nitrogens with zero attached hydrogens (tertiary/aromatic N) is 2. The van der Waals surface area contributed by atoms with E-state index in [0.717, 1.165) is 37.6 Å². The minimum absolute atomic E-state index is 0.132. The van der Waals surface area contributed by atoms with Crippen LogP contribution in [0.25, 0.3) is 0 Å². The molecule has 1 aromatic heterocycles. The summed E-state index contributed by atoms with van der Waals surface area (Å²) in [4.78, 5) is 8.83. The van der Waals surface area contributed by atoms with Crippen molar-refractivity contribution >= 4 is 5.96 Å². The van der Waals surface area contributed by atoms with Crippen molar-refractivity contribution in [3.05, 3.63) is 23.9 Å². The van der Waals surface area contributed by atoms with E-state index < -0.39 is 0 Å². The summed E-state index contributed by atoms with van der Waals surface area (Å²) in [5.74, 6) is 1.45. The number of aliphatic imine (C=N–C) groups is 1. The number of methoxy groups -OCH3 is 1. The predicted molar refractivity (Wildman–Crippen MR) is 89.3 cm³/mol. The van der Waals surface area contributed by atoms with E-state index in [9.17, 15) is 0 Å². The van der Waals surface area contributed by atoms with E-state index >= 15 is 0 Å². The van der Waals surface area contributed by atoms with Crippen molar-refractivity contribution in [3.8, 4) is 5.88 Å². The molecule has 0 radical (unpaired) electrons. The predicted octanol–water partition coefficient (Wildman–Crippen LogP) is 1.96. The molecule has 1 rings (SSSR count). The SMILES string of the molecule is CCNC(=NCc1ccc(OC(C)C)nc1)NCCCOC. The Kier molecular flexibility index (Phi) is 8.98. The largest absolute Gasteiger partial charge is 0.475 e. The molecule has 0 fully saturated rings. The topological polar surface area (TPSA) is 67.8 Å². The van der Waals surface area contributed by atoms with Gasteiger partial charge in [0.25, 0.3) is 0 Å². The Labute approximate surface area is 133 Å². The summed E-state index contributed by atoms with van der Waals surface area (Å²) < 4.78 is 10.6. The van der Waals surface area contributed by atoms with Gasteiger partial charge in [-0.25, -0.2) is 9.98 Å². The number of guanidine groups is 1. The number of hydrogen-bond donors (Lipinski definition) is 2. The second kappa shape index (κ2) is 10.8. The summed E-state index contributed by atoms with van der Waals surface area (Å²) in [6.45, 7) is 9.00. The summed E-state index contributed by atoms with van der Waals surface area (Å²) in [5.41, 5.74) is 1.05. The average molecular weight is 308 g/mol. The zero-order chi connectivity index (χ0) is 16.2. The smallest absolute Gasteiger partial charge is 0.213 e. The number of ether oxygens (including phenoxy) is 2. The van der Waals surface area contributed by atoms with Crippen molar-refractivity contribution in [3.63, 3.8) is 0 Å². The van der Waals surface area contributed by atoms with Gasteiger partial charge in [0.1, 0.15) is 0 Å². The van der Waals surface area contributed by atoms with Crippen LogP contribution in [0.5, 0.6) is 5.88 Å². The molecule has 0 atom stereocenters. The molecule has 0 aliphatic rings. The highest BCUT2D eigenvalue weighted by molar-refractivity contribution is 5.79. The van der Waals surface area contributed by atoms with Gasteiger partial charge in [0.05, 0.1) is 12.6 Å².